The highest BCUT2D eigenvalue weighted by molar-refractivity contribution is 4.65. The zero-order valence-corrected chi connectivity index (χ0v) is 15.7. The van der Waals surface area contributed by atoms with Crippen molar-refractivity contribution in [3.8, 4) is 0 Å². The summed E-state index contributed by atoms with van der Waals surface area (Å²) in [4.78, 5) is 0. The van der Waals surface area contributed by atoms with E-state index >= 15 is 0 Å². The molecule has 0 saturated carbocycles. The summed E-state index contributed by atoms with van der Waals surface area (Å²) in [6.45, 7) is 7.56. The third-order valence-electron chi connectivity index (χ3n) is 4.49. The lowest BCUT2D eigenvalue weighted by Gasteiger charge is -2.10. The quantitative estimate of drug-likeness (QED) is 0.198. The van der Waals surface area contributed by atoms with Crippen molar-refractivity contribution >= 4 is 0 Å². The first-order valence-corrected chi connectivity index (χ1v) is 10.0. The molecule has 1 unspecified atom stereocenters. The van der Waals surface area contributed by atoms with E-state index in [1.165, 1.54) is 89.9 Å². The fraction of sp³-hybridized carbons (Fsp3) is 0.905. The summed E-state index contributed by atoms with van der Waals surface area (Å²) < 4.78 is 5.36. The van der Waals surface area contributed by atoms with E-state index in [2.05, 4.69) is 13.8 Å². The molecule has 0 aliphatic rings. The first kappa shape index (κ1) is 21.5. The summed E-state index contributed by atoms with van der Waals surface area (Å²) in [6, 6.07) is 0. The number of unbranched alkanes of at least 4 members (excludes halogenated alkanes) is 10. The summed E-state index contributed by atoms with van der Waals surface area (Å²) in [5, 5.41) is 0. The van der Waals surface area contributed by atoms with Crippen LogP contribution in [0.4, 0.5) is 0 Å². The number of allylic oxidation sites excluding steroid dienone is 1. The van der Waals surface area contributed by atoms with Crippen LogP contribution in [0, 0.1) is 5.92 Å². The van der Waals surface area contributed by atoms with Crippen LogP contribution in [0.1, 0.15) is 111 Å². The van der Waals surface area contributed by atoms with Crippen molar-refractivity contribution in [1.82, 2.24) is 0 Å². The smallest absolute Gasteiger partial charge is 0.0873 e. The molecule has 0 aromatic rings. The van der Waals surface area contributed by atoms with Crippen molar-refractivity contribution in [2.75, 3.05) is 6.61 Å². The molecule has 0 spiro atoms. The molecule has 0 saturated heterocycles. The molecule has 0 aromatic carbocycles. The van der Waals surface area contributed by atoms with E-state index < -0.39 is 0 Å². The van der Waals surface area contributed by atoms with Crippen LogP contribution in [0.2, 0.25) is 0 Å². The Bertz CT molecular complexity index is 222. The molecule has 1 atom stereocenters. The van der Waals surface area contributed by atoms with E-state index in [1.54, 1.807) is 6.26 Å². The minimum absolute atomic E-state index is 0.868. The Balaban J connectivity index is 3.12. The van der Waals surface area contributed by atoms with E-state index in [4.69, 9.17) is 4.74 Å². The van der Waals surface area contributed by atoms with E-state index in [0.717, 1.165) is 12.5 Å². The predicted molar refractivity (Wildman–Crippen MR) is 100 cm³/mol. The average molecular weight is 311 g/mol. The Morgan fingerprint density at radius 2 is 1.23 bits per heavy atom. The number of ether oxygens (including phenoxy) is 1. The van der Waals surface area contributed by atoms with Gasteiger partial charge in [-0.1, -0.05) is 97.0 Å². The summed E-state index contributed by atoms with van der Waals surface area (Å²) in [5.74, 6) is 0.868. The maximum absolute atomic E-state index is 5.36. The van der Waals surface area contributed by atoms with Gasteiger partial charge in [-0.2, -0.15) is 0 Å². The van der Waals surface area contributed by atoms with E-state index in [1.807, 2.05) is 13.0 Å². The number of hydrogen-bond donors (Lipinski definition) is 0. The third-order valence-corrected chi connectivity index (χ3v) is 4.49. The lowest BCUT2D eigenvalue weighted by molar-refractivity contribution is 0.232. The van der Waals surface area contributed by atoms with Gasteiger partial charge in [-0.25, -0.2) is 0 Å². The van der Waals surface area contributed by atoms with E-state index in [9.17, 15) is 0 Å². The summed E-state index contributed by atoms with van der Waals surface area (Å²) >= 11 is 0. The second-order valence-electron chi connectivity index (χ2n) is 6.91. The molecule has 0 N–H and O–H groups in total. The van der Waals surface area contributed by atoms with Crippen molar-refractivity contribution in [3.05, 3.63) is 12.3 Å². The first-order chi connectivity index (χ1) is 10.8. The Hall–Kier alpha value is -0.460. The first-order valence-electron chi connectivity index (χ1n) is 10.0. The van der Waals surface area contributed by atoms with Gasteiger partial charge in [-0.05, 0) is 25.7 Å². The topological polar surface area (TPSA) is 9.23 Å². The Labute approximate surface area is 140 Å². The highest BCUT2D eigenvalue weighted by Crippen LogP contribution is 2.17. The second-order valence-corrected chi connectivity index (χ2v) is 6.91. The van der Waals surface area contributed by atoms with Crippen molar-refractivity contribution in [2.45, 2.75) is 111 Å². The third kappa shape index (κ3) is 17.6. The highest BCUT2D eigenvalue weighted by Gasteiger charge is 2.02. The van der Waals surface area contributed by atoms with Gasteiger partial charge in [-0.3, -0.25) is 0 Å². The van der Waals surface area contributed by atoms with Crippen LogP contribution in [0.25, 0.3) is 0 Å². The van der Waals surface area contributed by atoms with Gasteiger partial charge in [0.2, 0.25) is 0 Å². The van der Waals surface area contributed by atoms with Crippen LogP contribution in [-0.4, -0.2) is 6.61 Å². The van der Waals surface area contributed by atoms with Crippen LogP contribution < -0.4 is 0 Å². The Morgan fingerprint density at radius 3 is 1.77 bits per heavy atom. The zero-order valence-electron chi connectivity index (χ0n) is 15.7. The van der Waals surface area contributed by atoms with Crippen LogP contribution in [0.5, 0.6) is 0 Å². The molecule has 22 heavy (non-hydrogen) atoms. The van der Waals surface area contributed by atoms with Crippen LogP contribution in [0.15, 0.2) is 12.3 Å². The molecule has 0 rings (SSSR count). The Kier molecular flexibility index (Phi) is 18.2. The number of rotatable bonds is 17. The largest absolute Gasteiger partial charge is 0.502 e. The standard InChI is InChI=1S/C21H42O/c1-4-6-7-8-9-10-11-12-13-14-15-17-21(3)18-16-20-22-19-5-2/h5,19,21H,4,6-18,20H2,1-3H3. The van der Waals surface area contributed by atoms with Crippen molar-refractivity contribution in [2.24, 2.45) is 5.92 Å². The minimum Gasteiger partial charge on any atom is -0.502 e. The molecule has 0 bridgehead atoms. The second kappa shape index (κ2) is 18.6. The van der Waals surface area contributed by atoms with Gasteiger partial charge in [0, 0.05) is 0 Å². The Morgan fingerprint density at radius 1 is 0.727 bits per heavy atom. The van der Waals surface area contributed by atoms with Crippen molar-refractivity contribution < 1.29 is 4.74 Å². The van der Waals surface area contributed by atoms with E-state index in [-0.39, 0.29) is 0 Å². The van der Waals surface area contributed by atoms with Gasteiger partial charge in [0.05, 0.1) is 12.9 Å². The lowest BCUT2D eigenvalue weighted by Crippen LogP contribution is -1.98. The molecule has 0 aromatic heterocycles. The van der Waals surface area contributed by atoms with Crippen LogP contribution in [0.3, 0.4) is 0 Å². The summed E-state index contributed by atoms with van der Waals surface area (Å²) in [5.41, 5.74) is 0. The maximum Gasteiger partial charge on any atom is 0.0873 e. The lowest BCUT2D eigenvalue weighted by atomic mass is 9.97. The molecule has 132 valence electrons. The molecular weight excluding hydrogens is 268 g/mol. The van der Waals surface area contributed by atoms with Crippen LogP contribution in [-0.2, 0) is 4.74 Å². The van der Waals surface area contributed by atoms with Crippen LogP contribution >= 0.6 is 0 Å². The predicted octanol–water partition coefficient (Wildman–Crippen LogP) is 7.65. The monoisotopic (exact) mass is 310 g/mol. The zero-order chi connectivity index (χ0) is 16.3. The highest BCUT2D eigenvalue weighted by atomic mass is 16.5. The maximum atomic E-state index is 5.36. The number of hydrogen-bond acceptors (Lipinski definition) is 1. The van der Waals surface area contributed by atoms with Gasteiger partial charge in [0.25, 0.3) is 0 Å². The van der Waals surface area contributed by atoms with Gasteiger partial charge in [-0.15, -0.1) is 0 Å². The minimum atomic E-state index is 0.868. The molecule has 0 fully saturated rings. The molecule has 0 radical (unpaired) electrons. The molecule has 0 heterocycles. The molecular formula is C21H42O. The normalized spacial score (nSPS) is 12.9. The fourth-order valence-corrected chi connectivity index (χ4v) is 2.98. The fourth-order valence-electron chi connectivity index (χ4n) is 2.98. The van der Waals surface area contributed by atoms with Crippen molar-refractivity contribution in [3.63, 3.8) is 0 Å². The molecule has 0 aliphatic carbocycles. The van der Waals surface area contributed by atoms with Gasteiger partial charge >= 0.3 is 0 Å². The molecule has 1 nitrogen and oxygen atoms in total. The van der Waals surface area contributed by atoms with Gasteiger partial charge in [0.15, 0.2) is 0 Å². The summed E-state index contributed by atoms with van der Waals surface area (Å²) in [6.07, 6.45) is 23.5. The van der Waals surface area contributed by atoms with Crippen molar-refractivity contribution in [1.29, 1.82) is 0 Å². The van der Waals surface area contributed by atoms with Gasteiger partial charge < -0.3 is 4.74 Å². The molecule has 0 aliphatic heterocycles. The molecule has 1 heteroatoms. The average Bonchev–Trinajstić information content (AvgIpc) is 2.52. The summed E-state index contributed by atoms with van der Waals surface area (Å²) in [7, 11) is 0. The van der Waals surface area contributed by atoms with E-state index in [0.29, 0.717) is 0 Å². The molecule has 0 amide bonds. The SMILES string of the molecule is CC=COCCCC(C)CCCCCCCCCCCCC. The van der Waals surface area contributed by atoms with Gasteiger partial charge in [0.1, 0.15) is 0 Å².